The second-order valence-electron chi connectivity index (χ2n) is 4.74. The van der Waals surface area contributed by atoms with Crippen molar-refractivity contribution in [1.29, 1.82) is 0 Å². The Labute approximate surface area is 124 Å². The molecule has 1 aromatic carbocycles. The molecule has 0 radical (unpaired) electrons. The molecule has 0 saturated heterocycles. The van der Waals surface area contributed by atoms with Crippen molar-refractivity contribution in [2.75, 3.05) is 7.11 Å². The number of hydrogen-bond donors (Lipinski definition) is 1. The third-order valence-corrected chi connectivity index (χ3v) is 4.96. The van der Waals surface area contributed by atoms with Gasteiger partial charge in [0, 0.05) is 11.6 Å². The highest BCUT2D eigenvalue weighted by atomic mass is 32.2. The second kappa shape index (κ2) is 5.87. The lowest BCUT2D eigenvalue weighted by molar-refractivity contribution is 0.390. The van der Waals surface area contributed by atoms with Crippen LogP contribution in [0.2, 0.25) is 0 Å². The van der Waals surface area contributed by atoms with Crippen molar-refractivity contribution in [2.24, 2.45) is 0 Å². The fourth-order valence-corrected chi connectivity index (χ4v) is 3.79. The molecule has 0 aliphatic carbocycles. The molecular weight excluding hydrogens is 292 g/mol. The third kappa shape index (κ3) is 3.08. The van der Waals surface area contributed by atoms with Crippen molar-refractivity contribution in [3.63, 3.8) is 0 Å². The van der Waals surface area contributed by atoms with E-state index in [1.807, 2.05) is 18.2 Å². The molecule has 114 valence electrons. The van der Waals surface area contributed by atoms with Gasteiger partial charge in [0.2, 0.25) is 10.0 Å². The number of ether oxygens (including phenoxy) is 1. The molecule has 1 heterocycles. The molecule has 0 unspecified atom stereocenters. The average molecular weight is 310 g/mol. The fourth-order valence-electron chi connectivity index (χ4n) is 2.24. The average Bonchev–Trinajstić information content (AvgIpc) is 2.78. The molecular formula is C14H18N2O4S. The monoisotopic (exact) mass is 310 g/mol. The first-order valence-corrected chi connectivity index (χ1v) is 7.93. The van der Waals surface area contributed by atoms with Crippen LogP contribution in [0.4, 0.5) is 0 Å². The van der Waals surface area contributed by atoms with E-state index in [4.69, 9.17) is 9.26 Å². The van der Waals surface area contributed by atoms with Crippen LogP contribution in [0.1, 0.15) is 30.0 Å². The van der Waals surface area contributed by atoms with Gasteiger partial charge in [-0.2, -0.15) is 0 Å². The lowest BCUT2D eigenvalue weighted by Gasteiger charge is -2.17. The molecule has 0 amide bonds. The lowest BCUT2D eigenvalue weighted by atomic mass is 10.1. The van der Waals surface area contributed by atoms with E-state index < -0.39 is 16.1 Å². The van der Waals surface area contributed by atoms with Crippen molar-refractivity contribution in [1.82, 2.24) is 9.88 Å². The van der Waals surface area contributed by atoms with E-state index >= 15 is 0 Å². The molecule has 7 heteroatoms. The van der Waals surface area contributed by atoms with Gasteiger partial charge in [0.05, 0.1) is 7.11 Å². The van der Waals surface area contributed by atoms with Crippen LogP contribution in [0, 0.1) is 13.8 Å². The van der Waals surface area contributed by atoms with Crippen LogP contribution in [0.3, 0.4) is 0 Å². The third-order valence-electron chi connectivity index (χ3n) is 3.17. The highest BCUT2D eigenvalue weighted by molar-refractivity contribution is 7.89. The Hall–Kier alpha value is -1.86. The summed E-state index contributed by atoms with van der Waals surface area (Å²) in [4.78, 5) is 0.0873. The smallest absolute Gasteiger partial charge is 0.246 e. The molecule has 0 fully saturated rings. The maximum atomic E-state index is 12.5. The Kier molecular flexibility index (Phi) is 4.34. The van der Waals surface area contributed by atoms with Gasteiger partial charge in [-0.1, -0.05) is 23.4 Å². The van der Waals surface area contributed by atoms with Gasteiger partial charge in [0.25, 0.3) is 0 Å². The fraction of sp³-hybridized carbons (Fsp3) is 0.357. The van der Waals surface area contributed by atoms with Gasteiger partial charge in [-0.25, -0.2) is 13.1 Å². The minimum atomic E-state index is -3.71. The first kappa shape index (κ1) is 15.5. The molecule has 0 bridgehead atoms. The van der Waals surface area contributed by atoms with Crippen LogP contribution < -0.4 is 9.46 Å². The number of benzene rings is 1. The van der Waals surface area contributed by atoms with E-state index in [0.717, 1.165) is 5.56 Å². The van der Waals surface area contributed by atoms with E-state index in [1.54, 1.807) is 33.9 Å². The van der Waals surface area contributed by atoms with Gasteiger partial charge in [-0.15, -0.1) is 0 Å². The first-order chi connectivity index (χ1) is 9.86. The first-order valence-electron chi connectivity index (χ1n) is 6.45. The Balaban J connectivity index is 2.33. The zero-order chi connectivity index (χ0) is 15.6. The predicted octanol–water partition coefficient (Wildman–Crippen LogP) is 2.34. The minimum absolute atomic E-state index is 0.0873. The number of methoxy groups -OCH3 is 1. The molecule has 0 saturated carbocycles. The van der Waals surface area contributed by atoms with E-state index in [-0.39, 0.29) is 10.7 Å². The van der Waals surface area contributed by atoms with Gasteiger partial charge in [0.1, 0.15) is 16.3 Å². The minimum Gasteiger partial charge on any atom is -0.496 e. The molecule has 1 aromatic heterocycles. The molecule has 0 aliphatic heterocycles. The summed E-state index contributed by atoms with van der Waals surface area (Å²) >= 11 is 0. The van der Waals surface area contributed by atoms with Crippen LogP contribution >= 0.6 is 0 Å². The van der Waals surface area contributed by atoms with Crippen LogP contribution in [0.15, 0.2) is 33.7 Å². The Morgan fingerprint density at radius 3 is 2.52 bits per heavy atom. The van der Waals surface area contributed by atoms with E-state index in [2.05, 4.69) is 9.88 Å². The second-order valence-corrected chi connectivity index (χ2v) is 6.39. The number of para-hydroxylation sites is 1. The summed E-state index contributed by atoms with van der Waals surface area (Å²) in [6.07, 6.45) is 0. The van der Waals surface area contributed by atoms with Gasteiger partial charge in [-0.3, -0.25) is 0 Å². The van der Waals surface area contributed by atoms with Crippen molar-refractivity contribution in [3.05, 3.63) is 41.3 Å². The molecule has 0 aliphatic rings. The number of sulfonamides is 1. The van der Waals surface area contributed by atoms with E-state index in [0.29, 0.717) is 11.4 Å². The topological polar surface area (TPSA) is 81.4 Å². The number of rotatable bonds is 5. The quantitative estimate of drug-likeness (QED) is 0.916. The van der Waals surface area contributed by atoms with Gasteiger partial charge in [-0.05, 0) is 26.8 Å². The number of aryl methyl sites for hydroxylation is 2. The van der Waals surface area contributed by atoms with Gasteiger partial charge < -0.3 is 9.26 Å². The summed E-state index contributed by atoms with van der Waals surface area (Å²) in [7, 11) is -2.16. The highest BCUT2D eigenvalue weighted by Crippen LogP contribution is 2.27. The molecule has 6 nitrogen and oxygen atoms in total. The summed E-state index contributed by atoms with van der Waals surface area (Å²) in [5.74, 6) is 0.902. The van der Waals surface area contributed by atoms with Crippen LogP contribution in [-0.4, -0.2) is 20.7 Å². The maximum Gasteiger partial charge on any atom is 0.246 e. The van der Waals surface area contributed by atoms with Crippen molar-refractivity contribution < 1.29 is 17.7 Å². The normalized spacial score (nSPS) is 13.1. The summed E-state index contributed by atoms with van der Waals surface area (Å²) in [5, 5.41) is 3.68. The molecule has 2 rings (SSSR count). The van der Waals surface area contributed by atoms with E-state index in [9.17, 15) is 8.42 Å². The van der Waals surface area contributed by atoms with Crippen molar-refractivity contribution in [3.8, 4) is 5.75 Å². The van der Waals surface area contributed by atoms with Gasteiger partial charge in [0.15, 0.2) is 5.76 Å². The summed E-state index contributed by atoms with van der Waals surface area (Å²) < 4.78 is 37.7. The van der Waals surface area contributed by atoms with Crippen molar-refractivity contribution in [2.45, 2.75) is 31.7 Å². The van der Waals surface area contributed by atoms with E-state index in [1.165, 1.54) is 0 Å². The zero-order valence-electron chi connectivity index (χ0n) is 12.4. The van der Waals surface area contributed by atoms with Crippen LogP contribution in [-0.2, 0) is 10.0 Å². The summed E-state index contributed by atoms with van der Waals surface area (Å²) in [6, 6.07) is 6.83. The zero-order valence-corrected chi connectivity index (χ0v) is 13.2. The summed E-state index contributed by atoms with van der Waals surface area (Å²) in [6.45, 7) is 4.93. The molecule has 1 atom stereocenters. The van der Waals surface area contributed by atoms with Crippen LogP contribution in [0.25, 0.3) is 0 Å². The van der Waals surface area contributed by atoms with Crippen LogP contribution in [0.5, 0.6) is 5.75 Å². The Morgan fingerprint density at radius 2 is 1.95 bits per heavy atom. The largest absolute Gasteiger partial charge is 0.496 e. The molecule has 1 N–H and O–H groups in total. The van der Waals surface area contributed by atoms with Gasteiger partial charge >= 0.3 is 0 Å². The number of nitrogens with one attached hydrogen (secondary N) is 1. The highest BCUT2D eigenvalue weighted by Gasteiger charge is 2.26. The molecule has 2 aromatic rings. The Bertz CT molecular complexity index is 718. The summed E-state index contributed by atoms with van der Waals surface area (Å²) in [5.41, 5.74) is 1.10. The van der Waals surface area contributed by atoms with Crippen molar-refractivity contribution >= 4 is 10.0 Å². The Morgan fingerprint density at radius 1 is 1.29 bits per heavy atom. The number of hydrogen-bond acceptors (Lipinski definition) is 5. The lowest BCUT2D eigenvalue weighted by Crippen LogP contribution is -2.28. The standard InChI is InChI=1S/C14H18N2O4S/c1-9(12-7-5-6-8-13(12)19-4)16-21(17,18)14-10(2)15-20-11(14)3/h5-9,16H,1-4H3/t9-/m0/s1. The SMILES string of the molecule is COc1ccccc1[C@H](C)NS(=O)(=O)c1c(C)noc1C. The molecule has 21 heavy (non-hydrogen) atoms. The number of nitrogens with zero attached hydrogens (tertiary/aromatic N) is 1. The number of aromatic nitrogens is 1. The maximum absolute atomic E-state index is 12.5. The predicted molar refractivity (Wildman–Crippen MR) is 77.7 cm³/mol. The molecule has 0 spiro atoms.